The number of piperidine rings is 1. The maximum Gasteiger partial charge on any atom is 0.252 e. The summed E-state index contributed by atoms with van der Waals surface area (Å²) in [4.78, 5) is 24.4. The van der Waals surface area contributed by atoms with E-state index >= 15 is 0 Å². The molecule has 1 aromatic carbocycles. The molecule has 0 unspecified atom stereocenters. The van der Waals surface area contributed by atoms with Crippen LogP contribution in [0.4, 0.5) is 0 Å². The average Bonchev–Trinajstić information content (AvgIpc) is 2.77. The zero-order valence-electron chi connectivity index (χ0n) is 17.0. The summed E-state index contributed by atoms with van der Waals surface area (Å²) in [6.45, 7) is 6.42. The molecule has 3 heterocycles. The first-order valence-electron chi connectivity index (χ1n) is 10.5. The molecule has 1 N–H and O–H groups in total. The lowest BCUT2D eigenvalue weighted by Crippen LogP contribution is -2.35. The van der Waals surface area contributed by atoms with Crippen molar-refractivity contribution in [1.82, 2.24) is 20.2 Å². The molecule has 2 aromatic heterocycles. The zero-order chi connectivity index (χ0) is 20.1. The molecule has 1 aliphatic rings. The highest BCUT2D eigenvalue weighted by Crippen LogP contribution is 2.24. The highest BCUT2D eigenvalue weighted by Gasteiger charge is 2.16. The summed E-state index contributed by atoms with van der Waals surface area (Å²) >= 11 is 0. The zero-order valence-corrected chi connectivity index (χ0v) is 17.0. The van der Waals surface area contributed by atoms with E-state index in [2.05, 4.69) is 22.1 Å². The molecule has 1 amide bonds. The minimum Gasteiger partial charge on any atom is -0.352 e. The summed E-state index contributed by atoms with van der Waals surface area (Å²) in [5.41, 5.74) is 3.17. The van der Waals surface area contributed by atoms with Crippen molar-refractivity contribution in [3.8, 4) is 11.3 Å². The number of nitrogens with one attached hydrogen (secondary N) is 1. The van der Waals surface area contributed by atoms with Crippen molar-refractivity contribution in [2.24, 2.45) is 5.92 Å². The largest absolute Gasteiger partial charge is 0.352 e. The van der Waals surface area contributed by atoms with Gasteiger partial charge < -0.3 is 10.2 Å². The van der Waals surface area contributed by atoms with E-state index < -0.39 is 0 Å². The predicted molar refractivity (Wildman–Crippen MR) is 117 cm³/mol. The minimum absolute atomic E-state index is 0.0407. The van der Waals surface area contributed by atoms with Gasteiger partial charge in [-0.15, -0.1) is 0 Å². The van der Waals surface area contributed by atoms with Crippen molar-refractivity contribution < 1.29 is 4.79 Å². The molecule has 0 aliphatic carbocycles. The second-order valence-electron chi connectivity index (χ2n) is 7.95. The first kappa shape index (κ1) is 19.5. The SMILES string of the molecule is CC1CCN(CCCNC(=O)c2cc(-c3cccnc3)nc3ccccc23)CC1. The van der Waals surface area contributed by atoms with Crippen LogP contribution >= 0.6 is 0 Å². The first-order valence-corrected chi connectivity index (χ1v) is 10.5. The van der Waals surface area contributed by atoms with Gasteiger partial charge in [0.05, 0.1) is 16.8 Å². The number of pyridine rings is 2. The molecule has 0 bridgehead atoms. The lowest BCUT2D eigenvalue weighted by atomic mass is 9.99. The summed E-state index contributed by atoms with van der Waals surface area (Å²) in [7, 11) is 0. The van der Waals surface area contributed by atoms with Crippen LogP contribution < -0.4 is 5.32 Å². The molecule has 29 heavy (non-hydrogen) atoms. The molecule has 4 rings (SSSR count). The number of para-hydroxylation sites is 1. The third-order valence-electron chi connectivity index (χ3n) is 5.73. The normalized spacial score (nSPS) is 15.5. The van der Waals surface area contributed by atoms with Crippen molar-refractivity contribution in [1.29, 1.82) is 0 Å². The number of nitrogens with zero attached hydrogens (tertiary/aromatic N) is 3. The van der Waals surface area contributed by atoms with Crippen molar-refractivity contribution in [2.75, 3.05) is 26.2 Å². The van der Waals surface area contributed by atoms with Gasteiger partial charge in [0.15, 0.2) is 0 Å². The number of rotatable bonds is 6. The maximum atomic E-state index is 13.0. The van der Waals surface area contributed by atoms with Crippen molar-refractivity contribution in [3.05, 3.63) is 60.4 Å². The third-order valence-corrected chi connectivity index (χ3v) is 5.73. The molecule has 0 radical (unpaired) electrons. The molecule has 1 saturated heterocycles. The molecular formula is C24H28N4O. The van der Waals surface area contributed by atoms with E-state index in [1.807, 2.05) is 42.5 Å². The van der Waals surface area contributed by atoms with Crippen molar-refractivity contribution >= 4 is 16.8 Å². The summed E-state index contributed by atoms with van der Waals surface area (Å²) in [6, 6.07) is 13.5. The number of benzene rings is 1. The van der Waals surface area contributed by atoms with Gasteiger partial charge >= 0.3 is 0 Å². The van der Waals surface area contributed by atoms with Gasteiger partial charge in [0.1, 0.15) is 0 Å². The smallest absolute Gasteiger partial charge is 0.252 e. The number of amides is 1. The quantitative estimate of drug-likeness (QED) is 0.645. The highest BCUT2D eigenvalue weighted by molar-refractivity contribution is 6.07. The van der Waals surface area contributed by atoms with E-state index in [-0.39, 0.29) is 5.91 Å². The lowest BCUT2D eigenvalue weighted by Gasteiger charge is -2.30. The van der Waals surface area contributed by atoms with Crippen LogP contribution in [0.2, 0.25) is 0 Å². The van der Waals surface area contributed by atoms with Crippen LogP contribution in [-0.4, -0.2) is 47.0 Å². The number of aromatic nitrogens is 2. The standard InChI is InChI=1S/C24H28N4O/c1-18-9-14-28(15-10-18)13-5-12-26-24(29)21-16-23(19-6-4-11-25-17-19)27-22-8-3-2-7-20(21)22/h2-4,6-8,11,16-18H,5,9-10,12-15H2,1H3,(H,26,29). The minimum atomic E-state index is -0.0407. The summed E-state index contributed by atoms with van der Waals surface area (Å²) in [5.74, 6) is 0.806. The molecule has 150 valence electrons. The highest BCUT2D eigenvalue weighted by atomic mass is 16.1. The Bertz CT molecular complexity index is 965. The predicted octanol–water partition coefficient (Wildman–Crippen LogP) is 4.15. The molecule has 0 spiro atoms. The van der Waals surface area contributed by atoms with Gasteiger partial charge in [0.25, 0.3) is 5.91 Å². The lowest BCUT2D eigenvalue weighted by molar-refractivity contribution is 0.0952. The van der Waals surface area contributed by atoms with Crippen molar-refractivity contribution in [3.63, 3.8) is 0 Å². The summed E-state index contributed by atoms with van der Waals surface area (Å²) in [5, 5.41) is 3.99. The molecule has 1 fully saturated rings. The van der Waals surface area contributed by atoms with E-state index in [9.17, 15) is 4.79 Å². The number of likely N-dealkylation sites (tertiary alicyclic amines) is 1. The van der Waals surface area contributed by atoms with Gasteiger partial charge in [0, 0.05) is 29.9 Å². The Morgan fingerprint density at radius 3 is 2.79 bits per heavy atom. The second-order valence-corrected chi connectivity index (χ2v) is 7.95. The average molecular weight is 389 g/mol. The van der Waals surface area contributed by atoms with Gasteiger partial charge in [-0.05, 0) is 69.1 Å². The van der Waals surface area contributed by atoms with Crippen LogP contribution in [-0.2, 0) is 0 Å². The fraction of sp³-hybridized carbons (Fsp3) is 0.375. The summed E-state index contributed by atoms with van der Waals surface area (Å²) < 4.78 is 0. The van der Waals surface area contributed by atoms with Gasteiger partial charge in [-0.3, -0.25) is 9.78 Å². The Kier molecular flexibility index (Phi) is 6.15. The molecular weight excluding hydrogens is 360 g/mol. The molecule has 3 aromatic rings. The maximum absolute atomic E-state index is 13.0. The van der Waals surface area contributed by atoms with Crippen LogP contribution in [0.25, 0.3) is 22.2 Å². The molecule has 0 saturated carbocycles. The molecule has 5 nitrogen and oxygen atoms in total. The van der Waals surface area contributed by atoms with Crippen LogP contribution in [0, 0.1) is 5.92 Å². The fourth-order valence-electron chi connectivity index (χ4n) is 3.91. The van der Waals surface area contributed by atoms with Crippen molar-refractivity contribution in [2.45, 2.75) is 26.2 Å². The van der Waals surface area contributed by atoms with Crippen LogP contribution in [0.15, 0.2) is 54.9 Å². The van der Waals surface area contributed by atoms with Gasteiger partial charge in [-0.1, -0.05) is 25.1 Å². The van der Waals surface area contributed by atoms with Crippen LogP contribution in [0.1, 0.15) is 36.5 Å². The Labute approximate surface area is 172 Å². The van der Waals surface area contributed by atoms with E-state index in [1.54, 1.807) is 12.4 Å². The van der Waals surface area contributed by atoms with Crippen LogP contribution in [0.5, 0.6) is 0 Å². The number of hydrogen-bond donors (Lipinski definition) is 1. The second kappa shape index (κ2) is 9.14. The monoisotopic (exact) mass is 388 g/mol. The van der Waals surface area contributed by atoms with Crippen LogP contribution in [0.3, 0.4) is 0 Å². The summed E-state index contributed by atoms with van der Waals surface area (Å²) in [6.07, 6.45) is 7.05. The number of fused-ring (bicyclic) bond motifs is 1. The molecule has 0 atom stereocenters. The number of carbonyl (C=O) groups is 1. The molecule has 1 aliphatic heterocycles. The molecule has 5 heteroatoms. The third kappa shape index (κ3) is 4.80. The van der Waals surface area contributed by atoms with Gasteiger partial charge in [-0.25, -0.2) is 4.98 Å². The number of hydrogen-bond acceptors (Lipinski definition) is 4. The van der Waals surface area contributed by atoms with Gasteiger partial charge in [0.2, 0.25) is 0 Å². The first-order chi connectivity index (χ1) is 14.2. The Balaban J connectivity index is 1.45. The Hall–Kier alpha value is -2.79. The van der Waals surface area contributed by atoms with E-state index in [4.69, 9.17) is 4.98 Å². The van der Waals surface area contributed by atoms with Gasteiger partial charge in [-0.2, -0.15) is 0 Å². The van der Waals surface area contributed by atoms with E-state index in [0.717, 1.165) is 41.0 Å². The Morgan fingerprint density at radius 2 is 2.00 bits per heavy atom. The van der Waals surface area contributed by atoms with E-state index in [0.29, 0.717) is 12.1 Å². The number of carbonyl (C=O) groups excluding carboxylic acids is 1. The Morgan fingerprint density at radius 1 is 1.17 bits per heavy atom. The fourth-order valence-corrected chi connectivity index (χ4v) is 3.91. The van der Waals surface area contributed by atoms with E-state index in [1.165, 1.54) is 25.9 Å². The topological polar surface area (TPSA) is 58.1 Å².